The summed E-state index contributed by atoms with van der Waals surface area (Å²) in [7, 11) is 0. The predicted octanol–water partition coefficient (Wildman–Crippen LogP) is 10.5. The molecule has 0 bridgehead atoms. The molecule has 0 radical (unpaired) electrons. The highest BCUT2D eigenvalue weighted by Crippen LogP contribution is 2.22. The molecular weight excluding hydrogens is 721 g/mol. The van der Waals surface area contributed by atoms with E-state index in [1.54, 1.807) is 0 Å². The summed E-state index contributed by atoms with van der Waals surface area (Å²) in [4.78, 5) is 12.8. The topological polar surface area (TPSA) is 135 Å². The van der Waals surface area contributed by atoms with E-state index in [0.29, 0.717) is 13.0 Å². The Morgan fingerprint density at radius 2 is 1.05 bits per heavy atom. The summed E-state index contributed by atoms with van der Waals surface area (Å²) in [6.07, 6.45) is 41.4. The first kappa shape index (κ1) is 53.2. The van der Waals surface area contributed by atoms with Crippen LogP contribution in [0.3, 0.4) is 0 Å². The molecule has 4 N–H and O–H groups in total. The number of aliphatic hydroxyl groups is 4. The van der Waals surface area contributed by atoms with Gasteiger partial charge in [-0.1, -0.05) is 159 Å². The smallest absolute Gasteiger partial charge is 0.306 e. The first-order chi connectivity index (χ1) is 27.9. The summed E-state index contributed by atoms with van der Waals surface area (Å²) >= 11 is 0. The number of allylic oxidation sites excluding steroid dienone is 8. The van der Waals surface area contributed by atoms with Crippen molar-refractivity contribution >= 4 is 5.97 Å². The number of hydrogen-bond acceptors (Lipinski definition) is 9. The zero-order valence-corrected chi connectivity index (χ0v) is 36.3. The number of unbranched alkanes of at least 4 members (excludes halogenated alkanes) is 20. The van der Waals surface area contributed by atoms with Crippen LogP contribution in [-0.4, -0.2) is 89.6 Å². The second-order valence-electron chi connectivity index (χ2n) is 15.8. The van der Waals surface area contributed by atoms with Gasteiger partial charge in [-0.2, -0.15) is 0 Å². The molecule has 0 aliphatic carbocycles. The van der Waals surface area contributed by atoms with Crippen molar-refractivity contribution in [2.24, 2.45) is 0 Å². The van der Waals surface area contributed by atoms with Gasteiger partial charge >= 0.3 is 5.97 Å². The molecule has 1 saturated heterocycles. The van der Waals surface area contributed by atoms with E-state index in [1.807, 2.05) is 0 Å². The van der Waals surface area contributed by atoms with Gasteiger partial charge in [0.05, 0.1) is 19.8 Å². The normalized spacial score (nSPS) is 20.8. The van der Waals surface area contributed by atoms with Crippen LogP contribution in [0.1, 0.15) is 187 Å². The lowest BCUT2D eigenvalue weighted by Crippen LogP contribution is -2.59. The molecule has 57 heavy (non-hydrogen) atoms. The molecule has 1 rings (SSSR count). The van der Waals surface area contributed by atoms with Gasteiger partial charge < -0.3 is 39.4 Å². The van der Waals surface area contributed by atoms with Gasteiger partial charge in [-0.3, -0.25) is 4.79 Å². The van der Waals surface area contributed by atoms with Crippen molar-refractivity contribution in [3.63, 3.8) is 0 Å². The maximum absolute atomic E-state index is 12.8. The van der Waals surface area contributed by atoms with Crippen molar-refractivity contribution in [3.8, 4) is 0 Å². The van der Waals surface area contributed by atoms with Crippen molar-refractivity contribution in [3.05, 3.63) is 48.6 Å². The zero-order valence-electron chi connectivity index (χ0n) is 36.3. The molecule has 1 aliphatic rings. The average molecular weight is 807 g/mol. The minimum absolute atomic E-state index is 0.120. The molecule has 6 atom stereocenters. The molecule has 6 unspecified atom stereocenters. The van der Waals surface area contributed by atoms with Crippen LogP contribution in [0.15, 0.2) is 48.6 Å². The van der Waals surface area contributed by atoms with Crippen LogP contribution >= 0.6 is 0 Å². The Morgan fingerprint density at radius 3 is 1.61 bits per heavy atom. The highest BCUT2D eigenvalue weighted by Gasteiger charge is 2.44. The first-order valence-corrected chi connectivity index (χ1v) is 23.2. The molecule has 1 aliphatic heterocycles. The van der Waals surface area contributed by atoms with E-state index in [-0.39, 0.29) is 19.2 Å². The molecule has 0 amide bonds. The molecule has 9 heteroatoms. The quantitative estimate of drug-likeness (QED) is 0.0272. The van der Waals surface area contributed by atoms with E-state index in [4.69, 9.17) is 18.9 Å². The van der Waals surface area contributed by atoms with Crippen LogP contribution in [0.4, 0.5) is 0 Å². The van der Waals surface area contributed by atoms with Gasteiger partial charge in [-0.05, 0) is 70.6 Å². The zero-order chi connectivity index (χ0) is 41.4. The van der Waals surface area contributed by atoms with Crippen molar-refractivity contribution in [1.82, 2.24) is 0 Å². The van der Waals surface area contributed by atoms with Crippen molar-refractivity contribution in [1.29, 1.82) is 0 Å². The highest BCUT2D eigenvalue weighted by atomic mass is 16.7. The van der Waals surface area contributed by atoms with Crippen LogP contribution in [0.25, 0.3) is 0 Å². The molecule has 0 spiro atoms. The third-order valence-electron chi connectivity index (χ3n) is 10.4. The molecule has 9 nitrogen and oxygen atoms in total. The largest absolute Gasteiger partial charge is 0.457 e. The van der Waals surface area contributed by atoms with Gasteiger partial charge in [0, 0.05) is 13.0 Å². The van der Waals surface area contributed by atoms with E-state index >= 15 is 0 Å². The summed E-state index contributed by atoms with van der Waals surface area (Å²) in [5, 5.41) is 40.1. The number of carbonyl (C=O) groups excluding carboxylic acids is 1. The molecule has 0 aromatic rings. The Kier molecular flexibility index (Phi) is 36.9. The highest BCUT2D eigenvalue weighted by molar-refractivity contribution is 5.69. The Morgan fingerprint density at radius 1 is 0.561 bits per heavy atom. The SMILES string of the molecule is CCC/C=C\CCCCCCCCOCC(COC1OC(CO)C(O)C(O)C1O)OC(=O)CCCCCCCCCC/C=C\C/C=C\C/C=C\CCCCCCC. The fourth-order valence-electron chi connectivity index (χ4n) is 6.79. The predicted molar refractivity (Wildman–Crippen MR) is 233 cm³/mol. The number of rotatable bonds is 39. The molecule has 332 valence electrons. The molecule has 0 aromatic heterocycles. The summed E-state index contributed by atoms with van der Waals surface area (Å²) in [6.45, 7) is 4.47. The number of carbonyl (C=O) groups is 1. The summed E-state index contributed by atoms with van der Waals surface area (Å²) in [5.41, 5.74) is 0. The average Bonchev–Trinajstić information content (AvgIpc) is 3.21. The molecular formula is C48H86O9. The maximum atomic E-state index is 12.8. The van der Waals surface area contributed by atoms with Crippen LogP contribution in [0.2, 0.25) is 0 Å². The standard InChI is InChI=1S/C48H86O9/c1-3-5-7-9-11-13-15-16-17-18-19-20-21-22-23-24-25-26-27-29-31-33-35-37-44(50)56-42(41-55-48-47(53)46(52)45(51)43(39-49)57-48)40-54-38-36-34-32-30-28-14-12-10-8-6-4-2/h8,10,15-16,18-19,21-22,42-43,45-49,51-53H,3-7,9,11-14,17,20,23-41H2,1-2H3/b10-8-,16-15-,19-18-,22-21-. The van der Waals surface area contributed by atoms with E-state index in [9.17, 15) is 25.2 Å². The second kappa shape index (κ2) is 39.6. The third kappa shape index (κ3) is 30.8. The number of ether oxygens (including phenoxy) is 4. The van der Waals surface area contributed by atoms with Gasteiger partial charge in [-0.15, -0.1) is 0 Å². The lowest BCUT2D eigenvalue weighted by molar-refractivity contribution is -0.305. The summed E-state index contributed by atoms with van der Waals surface area (Å²) in [6, 6.07) is 0. The van der Waals surface area contributed by atoms with E-state index < -0.39 is 43.4 Å². The van der Waals surface area contributed by atoms with E-state index in [0.717, 1.165) is 70.6 Å². The number of esters is 1. The van der Waals surface area contributed by atoms with Crippen molar-refractivity contribution in [2.45, 2.75) is 224 Å². The lowest BCUT2D eigenvalue weighted by atomic mass is 9.99. The first-order valence-electron chi connectivity index (χ1n) is 23.2. The van der Waals surface area contributed by atoms with Crippen LogP contribution in [-0.2, 0) is 23.7 Å². The molecule has 0 aromatic carbocycles. The Balaban J connectivity index is 2.22. The van der Waals surface area contributed by atoms with Crippen LogP contribution < -0.4 is 0 Å². The number of aliphatic hydroxyl groups excluding tert-OH is 4. The lowest BCUT2D eigenvalue weighted by Gasteiger charge is -2.39. The van der Waals surface area contributed by atoms with Gasteiger partial charge in [0.15, 0.2) is 6.29 Å². The molecule has 1 fully saturated rings. The van der Waals surface area contributed by atoms with Gasteiger partial charge in [0.1, 0.15) is 30.5 Å². The fraction of sp³-hybridized carbons (Fsp3) is 0.812. The molecule has 1 heterocycles. The van der Waals surface area contributed by atoms with Gasteiger partial charge in [-0.25, -0.2) is 0 Å². The Hall–Kier alpha value is -1.85. The summed E-state index contributed by atoms with van der Waals surface area (Å²) < 4.78 is 22.8. The van der Waals surface area contributed by atoms with Gasteiger partial charge in [0.25, 0.3) is 0 Å². The Bertz CT molecular complexity index is 1010. The number of hydrogen-bond donors (Lipinski definition) is 4. The van der Waals surface area contributed by atoms with Crippen molar-refractivity contribution in [2.75, 3.05) is 26.4 Å². The minimum atomic E-state index is -1.54. The molecule has 0 saturated carbocycles. The Labute approximate surface area is 348 Å². The minimum Gasteiger partial charge on any atom is -0.457 e. The fourth-order valence-corrected chi connectivity index (χ4v) is 6.79. The second-order valence-corrected chi connectivity index (χ2v) is 15.8. The van der Waals surface area contributed by atoms with Crippen LogP contribution in [0.5, 0.6) is 0 Å². The van der Waals surface area contributed by atoms with E-state index in [2.05, 4.69) is 62.5 Å². The maximum Gasteiger partial charge on any atom is 0.306 e. The van der Waals surface area contributed by atoms with Crippen LogP contribution in [0, 0.1) is 0 Å². The third-order valence-corrected chi connectivity index (χ3v) is 10.4. The summed E-state index contributed by atoms with van der Waals surface area (Å²) in [5.74, 6) is -0.325. The van der Waals surface area contributed by atoms with E-state index in [1.165, 1.54) is 96.3 Å². The monoisotopic (exact) mass is 807 g/mol. The van der Waals surface area contributed by atoms with Crippen molar-refractivity contribution < 1.29 is 44.2 Å². The van der Waals surface area contributed by atoms with Gasteiger partial charge in [0.2, 0.25) is 0 Å².